The number of aryl methyl sites for hydroxylation is 1. The van der Waals surface area contributed by atoms with E-state index in [2.05, 4.69) is 0 Å². The van der Waals surface area contributed by atoms with Gasteiger partial charge in [0.1, 0.15) is 5.75 Å². The third-order valence-corrected chi connectivity index (χ3v) is 3.78. The maximum absolute atomic E-state index is 10.1. The minimum Gasteiger partial charge on any atom is -0.497 e. The topological polar surface area (TPSA) is 29.5 Å². The molecule has 1 unspecified atom stereocenters. The molecule has 3 heteroatoms. The number of benzene rings is 1. The molecule has 0 fully saturated rings. The molecule has 0 aliphatic carbocycles. The van der Waals surface area contributed by atoms with E-state index < -0.39 is 6.10 Å². The van der Waals surface area contributed by atoms with Crippen LogP contribution in [0.4, 0.5) is 0 Å². The zero-order valence-electron chi connectivity index (χ0n) is 10.0. The first-order chi connectivity index (χ1) is 8.19. The SMILES string of the molecule is COc1ccc(CC(O)c2ccc(C)s2)cc1. The number of hydrogen-bond acceptors (Lipinski definition) is 3. The number of aliphatic hydroxyl groups excluding tert-OH is 1. The molecule has 0 aliphatic heterocycles. The summed E-state index contributed by atoms with van der Waals surface area (Å²) in [7, 11) is 1.65. The van der Waals surface area contributed by atoms with Gasteiger partial charge in [0.15, 0.2) is 0 Å². The average molecular weight is 248 g/mol. The van der Waals surface area contributed by atoms with E-state index >= 15 is 0 Å². The van der Waals surface area contributed by atoms with E-state index in [1.165, 1.54) is 4.88 Å². The maximum Gasteiger partial charge on any atom is 0.118 e. The molecule has 0 aliphatic rings. The Kier molecular flexibility index (Phi) is 3.82. The minimum atomic E-state index is -0.415. The van der Waals surface area contributed by atoms with Crippen molar-refractivity contribution in [1.82, 2.24) is 0 Å². The molecule has 1 aromatic heterocycles. The molecule has 1 aromatic carbocycles. The Hall–Kier alpha value is -1.32. The largest absolute Gasteiger partial charge is 0.497 e. The van der Waals surface area contributed by atoms with Crippen LogP contribution in [0, 0.1) is 6.92 Å². The molecule has 0 spiro atoms. The van der Waals surface area contributed by atoms with Crippen LogP contribution >= 0.6 is 11.3 Å². The third-order valence-electron chi connectivity index (χ3n) is 2.68. The van der Waals surface area contributed by atoms with Gasteiger partial charge in [-0.1, -0.05) is 12.1 Å². The molecule has 2 nitrogen and oxygen atoms in total. The highest BCUT2D eigenvalue weighted by molar-refractivity contribution is 7.12. The Bertz CT molecular complexity index is 473. The summed E-state index contributed by atoms with van der Waals surface area (Å²) in [5.41, 5.74) is 1.12. The van der Waals surface area contributed by atoms with Gasteiger partial charge in [0, 0.05) is 16.2 Å². The number of ether oxygens (including phenoxy) is 1. The Balaban J connectivity index is 2.04. The van der Waals surface area contributed by atoms with Crippen LogP contribution in [0.15, 0.2) is 36.4 Å². The van der Waals surface area contributed by atoms with E-state index in [-0.39, 0.29) is 0 Å². The second kappa shape index (κ2) is 5.34. The number of hydrogen-bond donors (Lipinski definition) is 1. The molecule has 0 saturated carbocycles. The van der Waals surface area contributed by atoms with Gasteiger partial charge >= 0.3 is 0 Å². The van der Waals surface area contributed by atoms with Crippen molar-refractivity contribution in [3.63, 3.8) is 0 Å². The lowest BCUT2D eigenvalue weighted by Gasteiger charge is -2.09. The molecule has 17 heavy (non-hydrogen) atoms. The fraction of sp³-hybridized carbons (Fsp3) is 0.286. The Morgan fingerprint density at radius 2 is 1.88 bits per heavy atom. The van der Waals surface area contributed by atoms with Gasteiger partial charge in [-0.15, -0.1) is 11.3 Å². The highest BCUT2D eigenvalue weighted by atomic mass is 32.1. The summed E-state index contributed by atoms with van der Waals surface area (Å²) in [5.74, 6) is 0.843. The van der Waals surface area contributed by atoms with Crippen molar-refractivity contribution in [3.8, 4) is 5.75 Å². The molecule has 1 heterocycles. The molecular weight excluding hydrogens is 232 g/mol. The molecule has 0 bridgehead atoms. The lowest BCUT2D eigenvalue weighted by molar-refractivity contribution is 0.182. The molecule has 0 saturated heterocycles. The molecule has 1 atom stereocenters. The van der Waals surface area contributed by atoms with Crippen LogP contribution in [0.2, 0.25) is 0 Å². The lowest BCUT2D eigenvalue weighted by atomic mass is 10.1. The van der Waals surface area contributed by atoms with Crippen molar-refractivity contribution in [1.29, 1.82) is 0 Å². The highest BCUT2D eigenvalue weighted by Crippen LogP contribution is 2.26. The summed E-state index contributed by atoms with van der Waals surface area (Å²) in [5, 5.41) is 10.1. The number of methoxy groups -OCH3 is 1. The van der Waals surface area contributed by atoms with E-state index in [1.54, 1.807) is 18.4 Å². The standard InChI is InChI=1S/C14H16O2S/c1-10-3-8-14(17-10)13(15)9-11-4-6-12(16-2)7-5-11/h3-8,13,15H,9H2,1-2H3. The van der Waals surface area contributed by atoms with Crippen molar-refractivity contribution in [2.24, 2.45) is 0 Å². The zero-order chi connectivity index (χ0) is 12.3. The number of aliphatic hydroxyl groups is 1. The summed E-state index contributed by atoms with van der Waals surface area (Å²) >= 11 is 1.65. The summed E-state index contributed by atoms with van der Waals surface area (Å²) in [4.78, 5) is 2.26. The van der Waals surface area contributed by atoms with Crippen molar-refractivity contribution < 1.29 is 9.84 Å². The van der Waals surface area contributed by atoms with Crippen molar-refractivity contribution in [2.45, 2.75) is 19.4 Å². The van der Waals surface area contributed by atoms with Gasteiger partial charge in [0.25, 0.3) is 0 Å². The molecular formula is C14H16O2S. The van der Waals surface area contributed by atoms with Crippen molar-refractivity contribution in [2.75, 3.05) is 7.11 Å². The predicted molar refractivity (Wildman–Crippen MR) is 70.7 cm³/mol. The van der Waals surface area contributed by atoms with Gasteiger partial charge in [-0.3, -0.25) is 0 Å². The second-order valence-corrected chi connectivity index (χ2v) is 5.34. The third kappa shape index (κ3) is 3.08. The van der Waals surface area contributed by atoms with Gasteiger partial charge in [-0.05, 0) is 36.8 Å². The van der Waals surface area contributed by atoms with Gasteiger partial charge in [0.05, 0.1) is 13.2 Å². The molecule has 2 rings (SSSR count). The predicted octanol–water partition coefficient (Wildman–Crippen LogP) is 3.34. The number of rotatable bonds is 4. The van der Waals surface area contributed by atoms with Gasteiger partial charge in [0.2, 0.25) is 0 Å². The quantitative estimate of drug-likeness (QED) is 0.899. The first-order valence-electron chi connectivity index (χ1n) is 5.56. The molecule has 0 radical (unpaired) electrons. The fourth-order valence-corrected chi connectivity index (χ4v) is 2.58. The fourth-order valence-electron chi connectivity index (χ4n) is 1.72. The highest BCUT2D eigenvalue weighted by Gasteiger charge is 2.10. The van der Waals surface area contributed by atoms with Crippen LogP contribution in [0.1, 0.15) is 21.4 Å². The van der Waals surface area contributed by atoms with Crippen LogP contribution in [-0.4, -0.2) is 12.2 Å². The van der Waals surface area contributed by atoms with E-state index in [0.717, 1.165) is 16.2 Å². The van der Waals surface area contributed by atoms with Crippen molar-refractivity contribution in [3.05, 3.63) is 51.7 Å². The van der Waals surface area contributed by atoms with E-state index in [4.69, 9.17) is 4.74 Å². The summed E-state index contributed by atoms with van der Waals surface area (Å²) in [6.07, 6.45) is 0.228. The summed E-state index contributed by atoms with van der Waals surface area (Å²) < 4.78 is 5.10. The molecule has 0 amide bonds. The van der Waals surface area contributed by atoms with Gasteiger partial charge in [-0.25, -0.2) is 0 Å². The van der Waals surface area contributed by atoms with Crippen molar-refractivity contribution >= 4 is 11.3 Å². The Labute approximate surface area is 105 Å². The van der Waals surface area contributed by atoms with Gasteiger partial charge in [-0.2, -0.15) is 0 Å². The molecule has 2 aromatic rings. The zero-order valence-corrected chi connectivity index (χ0v) is 10.8. The van der Waals surface area contributed by atoms with Crippen LogP contribution in [0.25, 0.3) is 0 Å². The van der Waals surface area contributed by atoms with E-state index in [9.17, 15) is 5.11 Å². The average Bonchev–Trinajstić information content (AvgIpc) is 2.77. The number of thiophene rings is 1. The normalized spacial score (nSPS) is 12.4. The maximum atomic E-state index is 10.1. The second-order valence-electron chi connectivity index (χ2n) is 4.02. The van der Waals surface area contributed by atoms with Crippen LogP contribution in [-0.2, 0) is 6.42 Å². The van der Waals surface area contributed by atoms with E-state index in [0.29, 0.717) is 6.42 Å². The van der Waals surface area contributed by atoms with E-state index in [1.807, 2.05) is 43.3 Å². The van der Waals surface area contributed by atoms with Crippen LogP contribution in [0.3, 0.4) is 0 Å². The van der Waals surface area contributed by atoms with Crippen LogP contribution < -0.4 is 4.74 Å². The first kappa shape index (κ1) is 12.1. The lowest BCUT2D eigenvalue weighted by Crippen LogP contribution is -1.99. The monoisotopic (exact) mass is 248 g/mol. The molecule has 1 N–H and O–H groups in total. The molecule has 90 valence electrons. The first-order valence-corrected chi connectivity index (χ1v) is 6.38. The van der Waals surface area contributed by atoms with Crippen LogP contribution in [0.5, 0.6) is 5.75 Å². The Morgan fingerprint density at radius 3 is 2.41 bits per heavy atom. The summed E-state index contributed by atoms with van der Waals surface area (Å²) in [6.45, 7) is 2.05. The minimum absolute atomic E-state index is 0.415. The smallest absolute Gasteiger partial charge is 0.118 e. The Morgan fingerprint density at radius 1 is 1.18 bits per heavy atom. The van der Waals surface area contributed by atoms with Gasteiger partial charge < -0.3 is 9.84 Å². The summed E-state index contributed by atoms with van der Waals surface area (Å²) in [6, 6.07) is 11.8.